The Morgan fingerprint density at radius 2 is 1.15 bits per heavy atom. The van der Waals surface area contributed by atoms with Crippen LogP contribution in [0.1, 0.15) is 36.7 Å². The van der Waals surface area contributed by atoms with Gasteiger partial charge in [-0.1, -0.05) is 72.8 Å². The van der Waals surface area contributed by atoms with Gasteiger partial charge >= 0.3 is 0 Å². The number of amides is 2. The highest BCUT2D eigenvalue weighted by molar-refractivity contribution is 5.94. The molecular weight excluding hydrogens is 422 g/mol. The fraction of sp³-hybridized carbons (Fsp3) is 0.172. The Bertz CT molecular complexity index is 1040. The summed E-state index contributed by atoms with van der Waals surface area (Å²) in [5, 5.41) is 5.81. The van der Waals surface area contributed by atoms with Crippen LogP contribution in [0.25, 0.3) is 12.2 Å². The third kappa shape index (κ3) is 7.48. The van der Waals surface area contributed by atoms with Gasteiger partial charge in [0.2, 0.25) is 11.8 Å². The number of carbonyl (C=O) groups excluding carboxylic acids is 2. The molecule has 2 amide bonds. The molecule has 0 aliphatic carbocycles. The van der Waals surface area contributed by atoms with E-state index in [1.807, 2.05) is 84.9 Å². The lowest BCUT2D eigenvalue weighted by molar-refractivity contribution is -0.119. The van der Waals surface area contributed by atoms with E-state index in [0.29, 0.717) is 0 Å². The van der Waals surface area contributed by atoms with Crippen molar-refractivity contribution in [1.82, 2.24) is 10.6 Å². The molecule has 0 aliphatic heterocycles. The summed E-state index contributed by atoms with van der Waals surface area (Å²) in [6.07, 6.45) is 5.75. The smallest absolute Gasteiger partial charge is 0.245 e. The summed E-state index contributed by atoms with van der Waals surface area (Å²) < 4.78 is 0. The number of benzene rings is 3. The van der Waals surface area contributed by atoms with Crippen molar-refractivity contribution in [2.75, 3.05) is 18.0 Å². The highest BCUT2D eigenvalue weighted by Gasteiger charge is 2.16. The van der Waals surface area contributed by atoms with E-state index >= 15 is 0 Å². The van der Waals surface area contributed by atoms with E-state index in [0.717, 1.165) is 35.5 Å². The molecule has 0 unspecified atom stereocenters. The Morgan fingerprint density at radius 3 is 1.56 bits per heavy atom. The molecule has 3 aromatic carbocycles. The summed E-state index contributed by atoms with van der Waals surface area (Å²) in [5.74, 6) is -0.594. The van der Waals surface area contributed by atoms with Gasteiger partial charge in [-0.2, -0.15) is 0 Å². The number of hydrogen-bond acceptors (Lipinski definition) is 3. The van der Waals surface area contributed by atoms with Crippen molar-refractivity contribution in [1.29, 1.82) is 0 Å². The van der Waals surface area contributed by atoms with Crippen molar-refractivity contribution in [3.63, 3.8) is 0 Å². The molecule has 174 valence electrons. The SMILES string of the molecule is CCN(CC)c1ccc(C(NC(=O)C=Cc2ccccc2)NC(=O)C=Cc2ccccc2)cc1. The second kappa shape index (κ2) is 12.8. The van der Waals surface area contributed by atoms with Gasteiger partial charge in [-0.15, -0.1) is 0 Å². The molecule has 0 fully saturated rings. The summed E-state index contributed by atoms with van der Waals surface area (Å²) in [5.41, 5.74) is 3.73. The molecular formula is C29H31N3O2. The second-order valence-corrected chi connectivity index (χ2v) is 7.70. The molecule has 0 bridgehead atoms. The highest BCUT2D eigenvalue weighted by Crippen LogP contribution is 2.18. The van der Waals surface area contributed by atoms with Crippen LogP contribution >= 0.6 is 0 Å². The van der Waals surface area contributed by atoms with Crippen LogP contribution in [0.3, 0.4) is 0 Å². The molecule has 0 radical (unpaired) electrons. The minimum absolute atomic E-state index is 0.297. The summed E-state index contributed by atoms with van der Waals surface area (Å²) in [6.45, 7) is 6.03. The van der Waals surface area contributed by atoms with Crippen molar-refractivity contribution in [3.05, 3.63) is 114 Å². The average molecular weight is 454 g/mol. The first-order chi connectivity index (χ1) is 16.6. The van der Waals surface area contributed by atoms with Crippen molar-refractivity contribution in [3.8, 4) is 0 Å². The standard InChI is InChI=1S/C29H31N3O2/c1-3-32(4-2)26-19-17-25(18-20-26)29(30-27(33)21-15-23-11-7-5-8-12-23)31-28(34)22-16-24-13-9-6-10-14-24/h5-22,29H,3-4H2,1-2H3,(H,30,33)(H,31,34). The molecule has 34 heavy (non-hydrogen) atoms. The van der Waals surface area contributed by atoms with Gasteiger partial charge in [-0.05, 0) is 54.8 Å². The summed E-state index contributed by atoms with van der Waals surface area (Å²) in [7, 11) is 0. The maximum Gasteiger partial charge on any atom is 0.245 e. The number of carbonyl (C=O) groups is 2. The van der Waals surface area contributed by atoms with Gasteiger partial charge in [0.15, 0.2) is 0 Å². The predicted molar refractivity (Wildman–Crippen MR) is 140 cm³/mol. The fourth-order valence-corrected chi connectivity index (χ4v) is 3.52. The van der Waals surface area contributed by atoms with E-state index in [2.05, 4.69) is 29.4 Å². The van der Waals surface area contributed by atoms with Gasteiger partial charge in [-0.3, -0.25) is 9.59 Å². The normalized spacial score (nSPS) is 11.9. The van der Waals surface area contributed by atoms with Crippen molar-refractivity contribution in [2.24, 2.45) is 0 Å². The third-order valence-electron chi connectivity index (χ3n) is 5.38. The average Bonchev–Trinajstić information content (AvgIpc) is 2.88. The maximum absolute atomic E-state index is 12.7. The minimum atomic E-state index is -0.674. The molecule has 5 nitrogen and oxygen atoms in total. The van der Waals surface area contributed by atoms with E-state index in [-0.39, 0.29) is 11.8 Å². The van der Waals surface area contributed by atoms with Gasteiger partial charge in [0.25, 0.3) is 0 Å². The van der Waals surface area contributed by atoms with Crippen LogP contribution in [0.2, 0.25) is 0 Å². The lowest BCUT2D eigenvalue weighted by atomic mass is 10.1. The molecule has 0 atom stereocenters. The zero-order chi connectivity index (χ0) is 24.2. The molecule has 3 aromatic rings. The molecule has 0 saturated carbocycles. The molecule has 0 spiro atoms. The van der Waals surface area contributed by atoms with Crippen molar-refractivity contribution >= 4 is 29.7 Å². The lowest BCUT2D eigenvalue weighted by Crippen LogP contribution is -2.39. The quantitative estimate of drug-likeness (QED) is 0.328. The van der Waals surface area contributed by atoms with Crippen LogP contribution in [0.5, 0.6) is 0 Å². The Kier molecular flexibility index (Phi) is 9.23. The zero-order valence-corrected chi connectivity index (χ0v) is 19.6. The first kappa shape index (κ1) is 24.5. The molecule has 5 heteroatoms. The number of anilines is 1. The number of hydrogen-bond donors (Lipinski definition) is 2. The Hall–Kier alpha value is -4.12. The first-order valence-electron chi connectivity index (χ1n) is 11.5. The molecule has 0 aliphatic rings. The maximum atomic E-state index is 12.7. The lowest BCUT2D eigenvalue weighted by Gasteiger charge is -2.23. The predicted octanol–water partition coefficient (Wildman–Crippen LogP) is 5.19. The van der Waals surface area contributed by atoms with Gasteiger partial charge in [0.05, 0.1) is 0 Å². The number of rotatable bonds is 10. The summed E-state index contributed by atoms with van der Waals surface area (Å²) in [6, 6.07) is 27.1. The third-order valence-corrected chi connectivity index (χ3v) is 5.38. The molecule has 3 rings (SSSR count). The van der Waals surface area contributed by atoms with Gasteiger partial charge in [0, 0.05) is 30.9 Å². The van der Waals surface area contributed by atoms with E-state index in [4.69, 9.17) is 0 Å². The van der Waals surface area contributed by atoms with Crippen LogP contribution in [-0.4, -0.2) is 24.9 Å². The molecule has 0 saturated heterocycles. The van der Waals surface area contributed by atoms with E-state index in [1.54, 1.807) is 12.2 Å². The fourth-order valence-electron chi connectivity index (χ4n) is 3.52. The van der Waals surface area contributed by atoms with Crippen molar-refractivity contribution < 1.29 is 9.59 Å². The van der Waals surface area contributed by atoms with Crippen LogP contribution in [0.15, 0.2) is 97.1 Å². The van der Waals surface area contributed by atoms with Crippen LogP contribution in [0.4, 0.5) is 5.69 Å². The van der Waals surface area contributed by atoms with Gasteiger partial charge < -0.3 is 15.5 Å². The number of nitrogens with one attached hydrogen (secondary N) is 2. The monoisotopic (exact) mass is 453 g/mol. The second-order valence-electron chi connectivity index (χ2n) is 7.70. The van der Waals surface area contributed by atoms with Crippen LogP contribution < -0.4 is 15.5 Å². The van der Waals surface area contributed by atoms with E-state index in [1.165, 1.54) is 12.2 Å². The number of nitrogens with zero attached hydrogens (tertiary/aromatic N) is 1. The van der Waals surface area contributed by atoms with Gasteiger partial charge in [-0.25, -0.2) is 0 Å². The minimum Gasteiger partial charge on any atom is -0.372 e. The first-order valence-corrected chi connectivity index (χ1v) is 11.5. The topological polar surface area (TPSA) is 61.4 Å². The van der Waals surface area contributed by atoms with E-state index < -0.39 is 6.17 Å². The summed E-state index contributed by atoms with van der Waals surface area (Å²) in [4.78, 5) is 27.5. The Labute approximate surface area is 201 Å². The molecule has 0 heterocycles. The molecule has 0 aromatic heterocycles. The molecule has 2 N–H and O–H groups in total. The Morgan fingerprint density at radius 1 is 0.706 bits per heavy atom. The Balaban J connectivity index is 1.76. The zero-order valence-electron chi connectivity index (χ0n) is 19.6. The van der Waals surface area contributed by atoms with E-state index in [9.17, 15) is 9.59 Å². The highest BCUT2D eigenvalue weighted by atomic mass is 16.2. The van der Waals surface area contributed by atoms with Crippen molar-refractivity contribution in [2.45, 2.75) is 20.0 Å². The van der Waals surface area contributed by atoms with Gasteiger partial charge in [0.1, 0.15) is 6.17 Å². The largest absolute Gasteiger partial charge is 0.372 e. The van der Waals surface area contributed by atoms with Crippen LogP contribution in [0, 0.1) is 0 Å². The van der Waals surface area contributed by atoms with Crippen LogP contribution in [-0.2, 0) is 9.59 Å². The summed E-state index contributed by atoms with van der Waals surface area (Å²) >= 11 is 0.